The number of amides is 2. The van der Waals surface area contributed by atoms with Crippen LogP contribution in [0.25, 0.3) is 11.8 Å². The minimum Gasteiger partial charge on any atom is -0.454 e. The summed E-state index contributed by atoms with van der Waals surface area (Å²) in [6.45, 7) is 5.61. The molecule has 8 heteroatoms. The summed E-state index contributed by atoms with van der Waals surface area (Å²) in [4.78, 5) is 27.6. The third-order valence-electron chi connectivity index (χ3n) is 4.27. The molecule has 0 atom stereocenters. The van der Waals surface area contributed by atoms with Gasteiger partial charge in [-0.25, -0.2) is 0 Å². The first-order chi connectivity index (χ1) is 12.9. The van der Waals surface area contributed by atoms with Gasteiger partial charge in [0, 0.05) is 30.1 Å². The van der Waals surface area contributed by atoms with E-state index in [2.05, 4.69) is 14.9 Å². The lowest BCUT2D eigenvalue weighted by atomic mass is 10.2. The number of aromatic nitrogens is 1. The van der Waals surface area contributed by atoms with Crippen LogP contribution in [0.3, 0.4) is 0 Å². The number of ether oxygens (including phenoxy) is 2. The lowest BCUT2D eigenvalue weighted by Gasteiger charge is -2.10. The zero-order valence-electron chi connectivity index (χ0n) is 15.0. The standard InChI is InChI=1S/C19H17N3O4S/c1-10-6-13(7-17-18(24)21-19(27-17)20-12(3)23)11(2)22(10)14-4-5-15-16(8-14)26-9-25-15/h4-8H,9H2,1-3H3,(H,20,21,23,24). The third kappa shape index (κ3) is 3.23. The minimum atomic E-state index is -0.350. The third-order valence-corrected chi connectivity index (χ3v) is 5.17. The summed E-state index contributed by atoms with van der Waals surface area (Å²) in [7, 11) is 0. The molecule has 3 heterocycles. The van der Waals surface area contributed by atoms with E-state index in [0.717, 1.165) is 45.9 Å². The monoisotopic (exact) mass is 383 g/mol. The van der Waals surface area contributed by atoms with Crippen molar-refractivity contribution in [3.05, 3.63) is 46.1 Å². The molecular formula is C19H17N3O4S. The molecule has 2 amide bonds. The van der Waals surface area contributed by atoms with Gasteiger partial charge in [-0.05, 0) is 55.4 Å². The van der Waals surface area contributed by atoms with Crippen LogP contribution in [0, 0.1) is 13.8 Å². The van der Waals surface area contributed by atoms with Gasteiger partial charge < -0.3 is 19.4 Å². The van der Waals surface area contributed by atoms with Crippen LogP contribution in [0.15, 0.2) is 34.2 Å². The van der Waals surface area contributed by atoms with Crippen molar-refractivity contribution in [3.8, 4) is 17.2 Å². The van der Waals surface area contributed by atoms with Gasteiger partial charge in [-0.15, -0.1) is 0 Å². The largest absolute Gasteiger partial charge is 0.454 e. The Morgan fingerprint density at radius 2 is 2.04 bits per heavy atom. The van der Waals surface area contributed by atoms with Gasteiger partial charge in [0.15, 0.2) is 16.7 Å². The maximum atomic E-state index is 12.1. The van der Waals surface area contributed by atoms with Gasteiger partial charge >= 0.3 is 0 Å². The molecule has 1 aromatic carbocycles. The highest BCUT2D eigenvalue weighted by Gasteiger charge is 2.23. The van der Waals surface area contributed by atoms with Crippen LogP contribution in [0.2, 0.25) is 0 Å². The molecule has 0 unspecified atom stereocenters. The maximum absolute atomic E-state index is 12.1. The number of carbonyl (C=O) groups excluding carboxylic acids is 2. The van der Waals surface area contributed by atoms with E-state index in [0.29, 0.717) is 10.1 Å². The van der Waals surface area contributed by atoms with Crippen molar-refractivity contribution in [2.24, 2.45) is 4.99 Å². The molecule has 2 aromatic rings. The highest BCUT2D eigenvalue weighted by atomic mass is 32.2. The molecule has 1 aromatic heterocycles. The average molecular weight is 383 g/mol. The number of fused-ring (bicyclic) bond motifs is 1. The highest BCUT2D eigenvalue weighted by Crippen LogP contribution is 2.35. The zero-order chi connectivity index (χ0) is 19.1. The van der Waals surface area contributed by atoms with Crippen molar-refractivity contribution in [1.82, 2.24) is 9.88 Å². The molecule has 0 fully saturated rings. The fourth-order valence-corrected chi connectivity index (χ4v) is 3.96. The number of benzene rings is 1. The highest BCUT2D eigenvalue weighted by molar-refractivity contribution is 8.18. The second-order valence-electron chi connectivity index (χ2n) is 6.21. The summed E-state index contributed by atoms with van der Waals surface area (Å²) in [5.74, 6) is 0.849. The average Bonchev–Trinajstić information content (AvgIpc) is 3.26. The van der Waals surface area contributed by atoms with Gasteiger partial charge in [0.2, 0.25) is 12.7 Å². The van der Waals surface area contributed by atoms with Gasteiger partial charge in [0.25, 0.3) is 5.91 Å². The van der Waals surface area contributed by atoms with Crippen molar-refractivity contribution >= 4 is 34.8 Å². The van der Waals surface area contributed by atoms with Gasteiger partial charge in [0.05, 0.1) is 4.91 Å². The van der Waals surface area contributed by atoms with Crippen molar-refractivity contribution in [2.45, 2.75) is 20.8 Å². The number of hydrogen-bond acceptors (Lipinski definition) is 5. The van der Waals surface area contributed by atoms with E-state index < -0.39 is 0 Å². The van der Waals surface area contributed by atoms with E-state index in [-0.39, 0.29) is 18.6 Å². The predicted octanol–water partition coefficient (Wildman–Crippen LogP) is 2.93. The first-order valence-corrected chi connectivity index (χ1v) is 9.13. The molecule has 0 aliphatic carbocycles. The molecule has 0 radical (unpaired) electrons. The minimum absolute atomic E-state index is 0.232. The Labute approximate surface area is 160 Å². The van der Waals surface area contributed by atoms with Crippen molar-refractivity contribution in [2.75, 3.05) is 6.79 Å². The second kappa shape index (κ2) is 6.62. The topological polar surface area (TPSA) is 81.9 Å². The Morgan fingerprint density at radius 1 is 1.26 bits per heavy atom. The van der Waals surface area contributed by atoms with E-state index >= 15 is 0 Å². The Morgan fingerprint density at radius 3 is 2.81 bits per heavy atom. The normalized spacial score (nSPS) is 16.8. The van der Waals surface area contributed by atoms with E-state index in [9.17, 15) is 9.59 Å². The van der Waals surface area contributed by atoms with Crippen LogP contribution in [-0.2, 0) is 9.59 Å². The maximum Gasteiger partial charge on any atom is 0.286 e. The Hall–Kier alpha value is -3.00. The van der Waals surface area contributed by atoms with Crippen LogP contribution < -0.4 is 14.8 Å². The summed E-state index contributed by atoms with van der Waals surface area (Å²) in [5, 5.41) is 2.86. The summed E-state index contributed by atoms with van der Waals surface area (Å²) < 4.78 is 12.9. The van der Waals surface area contributed by atoms with E-state index in [1.807, 2.05) is 38.1 Å². The molecule has 2 aliphatic rings. The number of thioether (sulfide) groups is 1. The number of aliphatic imine (C=N–C) groups is 1. The summed E-state index contributed by atoms with van der Waals surface area (Å²) in [6.07, 6.45) is 1.80. The number of aryl methyl sites for hydroxylation is 1. The Balaban J connectivity index is 1.66. The van der Waals surface area contributed by atoms with Crippen LogP contribution >= 0.6 is 11.8 Å². The molecule has 7 nitrogen and oxygen atoms in total. The van der Waals surface area contributed by atoms with Crippen LogP contribution in [-0.4, -0.2) is 28.3 Å². The molecular weight excluding hydrogens is 366 g/mol. The molecule has 4 rings (SSSR count). The fraction of sp³-hybridized carbons (Fsp3) is 0.211. The molecule has 138 valence electrons. The number of nitrogens with zero attached hydrogens (tertiary/aromatic N) is 2. The molecule has 1 N–H and O–H groups in total. The predicted molar refractivity (Wildman–Crippen MR) is 103 cm³/mol. The number of carbonyl (C=O) groups is 2. The van der Waals surface area contributed by atoms with Gasteiger partial charge in [0.1, 0.15) is 0 Å². The fourth-order valence-electron chi connectivity index (χ4n) is 3.11. The summed E-state index contributed by atoms with van der Waals surface area (Å²) in [5.41, 5.74) is 3.89. The van der Waals surface area contributed by atoms with Crippen molar-refractivity contribution in [3.63, 3.8) is 0 Å². The molecule has 0 bridgehead atoms. The number of amidine groups is 1. The van der Waals surface area contributed by atoms with Crippen molar-refractivity contribution in [1.29, 1.82) is 0 Å². The molecule has 0 saturated heterocycles. The van der Waals surface area contributed by atoms with E-state index in [4.69, 9.17) is 9.47 Å². The SMILES string of the molecule is CC(=O)NC1=NC(=O)C(=Cc2cc(C)n(-c3ccc4c(c3)OCO4)c2C)S1. The van der Waals surface area contributed by atoms with Crippen LogP contribution in [0.1, 0.15) is 23.9 Å². The first kappa shape index (κ1) is 17.4. The van der Waals surface area contributed by atoms with Crippen LogP contribution in [0.4, 0.5) is 0 Å². The van der Waals surface area contributed by atoms with E-state index in [1.54, 1.807) is 6.08 Å². The quantitative estimate of drug-likeness (QED) is 0.807. The number of rotatable bonds is 2. The Bertz CT molecular complexity index is 1040. The number of nitrogens with one attached hydrogen (secondary N) is 1. The smallest absolute Gasteiger partial charge is 0.286 e. The summed E-state index contributed by atoms with van der Waals surface area (Å²) in [6, 6.07) is 7.81. The zero-order valence-corrected chi connectivity index (χ0v) is 15.8. The molecule has 0 saturated carbocycles. The first-order valence-electron chi connectivity index (χ1n) is 8.31. The van der Waals surface area contributed by atoms with E-state index in [1.165, 1.54) is 6.92 Å². The Kier molecular flexibility index (Phi) is 4.27. The van der Waals surface area contributed by atoms with Gasteiger partial charge in [-0.3, -0.25) is 9.59 Å². The molecule has 0 spiro atoms. The van der Waals surface area contributed by atoms with Gasteiger partial charge in [-0.2, -0.15) is 4.99 Å². The molecule has 2 aliphatic heterocycles. The number of hydrogen-bond donors (Lipinski definition) is 1. The molecule has 27 heavy (non-hydrogen) atoms. The summed E-state index contributed by atoms with van der Waals surface area (Å²) >= 11 is 1.16. The lowest BCUT2D eigenvalue weighted by Crippen LogP contribution is -2.23. The van der Waals surface area contributed by atoms with Gasteiger partial charge in [-0.1, -0.05) is 0 Å². The van der Waals surface area contributed by atoms with Crippen LogP contribution in [0.5, 0.6) is 11.5 Å². The second-order valence-corrected chi connectivity index (χ2v) is 7.24. The van der Waals surface area contributed by atoms with Crippen molar-refractivity contribution < 1.29 is 19.1 Å². The lowest BCUT2D eigenvalue weighted by molar-refractivity contribution is -0.117.